The molecule has 0 heterocycles. The van der Waals surface area contributed by atoms with Crippen molar-refractivity contribution in [2.45, 2.75) is 0 Å². The van der Waals surface area contributed by atoms with Crippen molar-refractivity contribution in [3.8, 4) is 0 Å². The Kier molecular flexibility index (Phi) is 176. The van der Waals surface area contributed by atoms with Gasteiger partial charge in [0.05, 0.1) is 0 Å². The molecule has 4 heteroatoms. The third-order valence-electron chi connectivity index (χ3n) is 0. The molecule has 0 aromatic heterocycles. The summed E-state index contributed by atoms with van der Waals surface area (Å²) in [5.74, 6) is 0. The molecule has 0 amide bonds. The van der Waals surface area contributed by atoms with Gasteiger partial charge in [0.1, 0.15) is 0 Å². The van der Waals surface area contributed by atoms with Crippen molar-refractivity contribution in [3.05, 3.63) is 0 Å². The van der Waals surface area contributed by atoms with E-state index >= 15 is 0 Å². The summed E-state index contributed by atoms with van der Waals surface area (Å²) in [4.78, 5) is 0. The molecule has 0 fully saturated rings. The molecule has 0 bridgehead atoms. The summed E-state index contributed by atoms with van der Waals surface area (Å²) in [6, 6.07) is 0. The van der Waals surface area contributed by atoms with E-state index in [4.69, 9.17) is 0 Å². The first-order valence-corrected chi connectivity index (χ1v) is 0. The number of hydrogen-bond donors (Lipinski definition) is 0. The van der Waals surface area contributed by atoms with E-state index in [0.717, 1.165) is 0 Å². The Bertz CT molecular complexity index is 8.00. The van der Waals surface area contributed by atoms with E-state index < -0.39 is 0 Å². The molecule has 0 spiro atoms. The van der Waals surface area contributed by atoms with Crippen LogP contribution in [0.4, 0.5) is 0 Å². The standard InChI is InChI=1S/Al.O.Ti.Zr/q+3;-2;2*+4. The van der Waals surface area contributed by atoms with Gasteiger partial charge >= 0.3 is 65.3 Å². The summed E-state index contributed by atoms with van der Waals surface area (Å²) < 4.78 is 0. The van der Waals surface area contributed by atoms with Gasteiger partial charge in [-0.05, 0) is 0 Å². The van der Waals surface area contributed by atoms with Gasteiger partial charge in [0.25, 0.3) is 0 Å². The zero-order valence-corrected chi connectivity index (χ0v) is 7.16. The van der Waals surface area contributed by atoms with E-state index in [1.807, 2.05) is 0 Å². The predicted octanol–water partition coefficient (Wildman–Crippen LogP) is -0.505. The van der Waals surface area contributed by atoms with Gasteiger partial charge in [-0.1, -0.05) is 0 Å². The van der Waals surface area contributed by atoms with Crippen LogP contribution < -0.4 is 0 Å². The predicted molar refractivity (Wildman–Crippen MR) is 6.44 cm³/mol. The second-order valence-corrected chi connectivity index (χ2v) is 0. The minimum Gasteiger partial charge on any atom is -2.00 e. The summed E-state index contributed by atoms with van der Waals surface area (Å²) in [5.41, 5.74) is 0. The molecule has 0 aromatic rings. The molecule has 0 unspecified atom stereocenters. The molecule has 0 rings (SSSR count). The fourth-order valence-corrected chi connectivity index (χ4v) is 0. The molecule has 8 valence electrons. The molecule has 0 atom stereocenters. The van der Waals surface area contributed by atoms with Crippen molar-refractivity contribution in [1.82, 2.24) is 0 Å². The molecular weight excluding hydrogens is 182 g/mol. The Morgan fingerprint density at radius 3 is 1.00 bits per heavy atom. The van der Waals surface area contributed by atoms with Crippen molar-refractivity contribution < 1.29 is 53.4 Å². The van der Waals surface area contributed by atoms with Crippen molar-refractivity contribution in [1.29, 1.82) is 0 Å². The van der Waals surface area contributed by atoms with E-state index in [2.05, 4.69) is 0 Å². The maximum Gasteiger partial charge on any atom is 4.00 e. The first kappa shape index (κ1) is 36.1. The fraction of sp³-hybridized carbons (Fsp3) is 0. The fourth-order valence-electron chi connectivity index (χ4n) is 0. The third kappa shape index (κ3) is 8.94. The minimum absolute atomic E-state index is 0. The van der Waals surface area contributed by atoms with Gasteiger partial charge in [0.15, 0.2) is 0 Å². The first-order chi connectivity index (χ1) is 0. The molecule has 0 saturated carbocycles. The van der Waals surface area contributed by atoms with Gasteiger partial charge < -0.3 is 5.48 Å². The molecule has 1 nitrogen and oxygen atoms in total. The van der Waals surface area contributed by atoms with Crippen molar-refractivity contribution >= 4 is 17.4 Å². The Morgan fingerprint density at radius 2 is 1.00 bits per heavy atom. The summed E-state index contributed by atoms with van der Waals surface area (Å²) in [6.45, 7) is 0. The van der Waals surface area contributed by atoms with Crippen LogP contribution in [0.1, 0.15) is 0 Å². The van der Waals surface area contributed by atoms with Crippen molar-refractivity contribution in [2.75, 3.05) is 0 Å². The van der Waals surface area contributed by atoms with Crippen LogP contribution in [0, 0.1) is 0 Å². The van der Waals surface area contributed by atoms with Gasteiger partial charge in [-0.2, -0.15) is 0 Å². The molecular formula is AlOTiZr+9. The summed E-state index contributed by atoms with van der Waals surface area (Å²) in [6.07, 6.45) is 0. The minimum atomic E-state index is 0. The van der Waals surface area contributed by atoms with E-state index in [9.17, 15) is 0 Å². The van der Waals surface area contributed by atoms with Gasteiger partial charge in [0, 0.05) is 0 Å². The smallest absolute Gasteiger partial charge is 2.00 e. The average Bonchev–Trinajstić information content (AvgIpc) is 0. The molecule has 0 aliphatic carbocycles. The largest absolute Gasteiger partial charge is 4.00 e. The molecule has 0 saturated heterocycles. The second kappa shape index (κ2) is 19.5. The second-order valence-electron chi connectivity index (χ2n) is 0. The Labute approximate surface area is 70.0 Å². The van der Waals surface area contributed by atoms with Crippen LogP contribution in [0.15, 0.2) is 0 Å². The van der Waals surface area contributed by atoms with Gasteiger partial charge in [-0.15, -0.1) is 0 Å². The SMILES string of the molecule is [Al+3].[O-2].[Ti+4].[Zr+4]. The molecule has 4 heavy (non-hydrogen) atoms. The number of rotatable bonds is 0. The Balaban J connectivity index is 0. The van der Waals surface area contributed by atoms with E-state index in [1.165, 1.54) is 0 Å². The Hall–Kier alpha value is 2.09. The molecule has 0 aliphatic heterocycles. The summed E-state index contributed by atoms with van der Waals surface area (Å²) in [7, 11) is 0. The van der Waals surface area contributed by atoms with Crippen molar-refractivity contribution in [3.63, 3.8) is 0 Å². The Morgan fingerprint density at radius 1 is 1.00 bits per heavy atom. The van der Waals surface area contributed by atoms with E-state index in [0.29, 0.717) is 0 Å². The molecule has 0 aliphatic rings. The van der Waals surface area contributed by atoms with Crippen molar-refractivity contribution in [2.24, 2.45) is 0 Å². The van der Waals surface area contributed by atoms with Gasteiger partial charge in [-0.25, -0.2) is 0 Å². The average molecular weight is 182 g/mol. The summed E-state index contributed by atoms with van der Waals surface area (Å²) in [5, 5.41) is 0. The van der Waals surface area contributed by atoms with E-state index in [-0.39, 0.29) is 70.8 Å². The number of hydrogen-bond acceptors (Lipinski definition) is 0. The van der Waals surface area contributed by atoms with Crippen LogP contribution in [0.5, 0.6) is 0 Å². The van der Waals surface area contributed by atoms with Crippen LogP contribution in [0.3, 0.4) is 0 Å². The monoisotopic (exact) mass is 181 g/mol. The topological polar surface area (TPSA) is 28.5 Å². The zero-order valence-electron chi connectivity index (χ0n) is 1.99. The quantitative estimate of drug-likeness (QED) is 0.452. The van der Waals surface area contributed by atoms with Gasteiger partial charge in [0.2, 0.25) is 0 Å². The molecule has 0 aromatic carbocycles. The molecule has 0 radical (unpaired) electrons. The third-order valence-corrected chi connectivity index (χ3v) is 0. The van der Waals surface area contributed by atoms with Crippen LogP contribution in [0.25, 0.3) is 0 Å². The maximum atomic E-state index is 0. The van der Waals surface area contributed by atoms with Crippen LogP contribution in [0.2, 0.25) is 0 Å². The van der Waals surface area contributed by atoms with Crippen LogP contribution in [-0.2, 0) is 53.4 Å². The first-order valence-electron chi connectivity index (χ1n) is 0. The summed E-state index contributed by atoms with van der Waals surface area (Å²) >= 11 is 0. The van der Waals surface area contributed by atoms with Crippen LogP contribution >= 0.6 is 0 Å². The maximum absolute atomic E-state index is 0. The van der Waals surface area contributed by atoms with E-state index in [1.54, 1.807) is 0 Å². The molecule has 0 N–H and O–H groups in total. The van der Waals surface area contributed by atoms with Crippen LogP contribution in [-0.4, -0.2) is 17.4 Å². The normalized spacial score (nSPS) is 0. The zero-order chi connectivity index (χ0) is 0. The van der Waals surface area contributed by atoms with Gasteiger partial charge in [-0.3, -0.25) is 0 Å².